The molecular weight excluding hydrogens is 204 g/mol. The maximum Gasteiger partial charge on any atom is 0.112 e. The highest BCUT2D eigenvalue weighted by Crippen LogP contribution is 2.31. The van der Waals surface area contributed by atoms with Crippen LogP contribution >= 0.6 is 0 Å². The van der Waals surface area contributed by atoms with Gasteiger partial charge in [0.1, 0.15) is 11.6 Å². The minimum Gasteiger partial charge on any atom is -0.372 e. The molecule has 0 aromatic carbocycles. The van der Waals surface area contributed by atoms with E-state index in [9.17, 15) is 0 Å². The van der Waals surface area contributed by atoms with Gasteiger partial charge in [0.15, 0.2) is 0 Å². The number of aromatic amines is 1. The summed E-state index contributed by atoms with van der Waals surface area (Å²) < 4.78 is 5.66. The zero-order valence-corrected chi connectivity index (χ0v) is 8.94. The molecule has 16 heavy (non-hydrogen) atoms. The average molecular weight is 218 g/mol. The summed E-state index contributed by atoms with van der Waals surface area (Å²) in [5, 5.41) is 0. The first-order valence-corrected chi connectivity index (χ1v) is 5.53. The minimum atomic E-state index is 0.0808. The molecule has 0 bridgehead atoms. The van der Waals surface area contributed by atoms with Crippen molar-refractivity contribution in [1.29, 1.82) is 0 Å². The summed E-state index contributed by atoms with van der Waals surface area (Å²) in [6.45, 7) is 1.25. The number of nitrogens with zero attached hydrogens (tertiary/aromatic N) is 2. The van der Waals surface area contributed by atoms with Gasteiger partial charge in [0.2, 0.25) is 0 Å². The Labute approximate surface area is 93.0 Å². The highest BCUT2D eigenvalue weighted by atomic mass is 16.5. The molecule has 3 N–H and O–H groups in total. The number of pyridine rings is 1. The minimum absolute atomic E-state index is 0.0808. The fourth-order valence-electron chi connectivity index (χ4n) is 2.15. The normalized spacial score (nSPS) is 20.7. The van der Waals surface area contributed by atoms with Gasteiger partial charge in [-0.2, -0.15) is 0 Å². The van der Waals surface area contributed by atoms with Crippen molar-refractivity contribution in [3.8, 4) is 0 Å². The molecule has 0 saturated carbocycles. The molecule has 3 rings (SSSR count). The van der Waals surface area contributed by atoms with Gasteiger partial charge < -0.3 is 15.5 Å². The Hall–Kier alpha value is -1.46. The molecule has 0 aliphatic carbocycles. The predicted molar refractivity (Wildman–Crippen MR) is 59.7 cm³/mol. The van der Waals surface area contributed by atoms with E-state index in [1.807, 2.05) is 6.07 Å². The van der Waals surface area contributed by atoms with Gasteiger partial charge in [-0.25, -0.2) is 4.98 Å². The number of imidazole rings is 1. The molecule has 0 amide bonds. The van der Waals surface area contributed by atoms with Crippen molar-refractivity contribution in [3.05, 3.63) is 23.8 Å². The summed E-state index contributed by atoms with van der Waals surface area (Å²) in [5.74, 6) is 0. The number of rotatable bonds is 2. The summed E-state index contributed by atoms with van der Waals surface area (Å²) in [6, 6.07) is 1.95. The zero-order chi connectivity index (χ0) is 11.0. The van der Waals surface area contributed by atoms with Crippen molar-refractivity contribution in [2.75, 3.05) is 6.61 Å². The number of H-pyrrole nitrogens is 1. The quantitative estimate of drug-likeness (QED) is 0.795. The SMILES string of the molecule is NCc1cc2[nH]cnc2c(C2CCCO2)n1. The Kier molecular flexibility index (Phi) is 2.34. The van der Waals surface area contributed by atoms with Crippen molar-refractivity contribution < 1.29 is 4.74 Å². The van der Waals surface area contributed by atoms with Crippen LogP contribution in [-0.4, -0.2) is 21.6 Å². The van der Waals surface area contributed by atoms with Crippen LogP contribution in [0.5, 0.6) is 0 Å². The lowest BCUT2D eigenvalue weighted by atomic mass is 10.1. The summed E-state index contributed by atoms with van der Waals surface area (Å²) in [4.78, 5) is 11.9. The molecule has 84 valence electrons. The summed E-state index contributed by atoms with van der Waals surface area (Å²) in [5.41, 5.74) is 9.34. The Balaban J connectivity index is 2.15. The first kappa shape index (κ1) is 9.74. The number of fused-ring (bicyclic) bond motifs is 1. The van der Waals surface area contributed by atoms with E-state index < -0.39 is 0 Å². The number of hydrogen-bond donors (Lipinski definition) is 2. The lowest BCUT2D eigenvalue weighted by molar-refractivity contribution is 0.109. The standard InChI is InChI=1S/C11H14N4O/c12-5-7-4-8-10(14-6-13-8)11(15-7)9-2-1-3-16-9/h4,6,9H,1-3,5,12H2,(H,13,14). The molecule has 0 radical (unpaired) electrons. The first-order valence-electron chi connectivity index (χ1n) is 5.53. The van der Waals surface area contributed by atoms with E-state index in [-0.39, 0.29) is 6.10 Å². The van der Waals surface area contributed by atoms with Crippen LogP contribution in [-0.2, 0) is 11.3 Å². The molecule has 5 nitrogen and oxygen atoms in total. The monoisotopic (exact) mass is 218 g/mol. The summed E-state index contributed by atoms with van der Waals surface area (Å²) >= 11 is 0. The van der Waals surface area contributed by atoms with E-state index >= 15 is 0 Å². The van der Waals surface area contributed by atoms with Gasteiger partial charge in [0, 0.05) is 13.2 Å². The third-order valence-corrected chi connectivity index (χ3v) is 2.93. The fraction of sp³-hybridized carbons (Fsp3) is 0.455. The van der Waals surface area contributed by atoms with Crippen molar-refractivity contribution in [1.82, 2.24) is 15.0 Å². The number of ether oxygens (including phenoxy) is 1. The molecule has 1 aliphatic rings. The van der Waals surface area contributed by atoms with Crippen LogP contribution in [0, 0.1) is 0 Å². The molecule has 1 saturated heterocycles. The number of nitrogens with two attached hydrogens (primary N) is 1. The Morgan fingerprint density at radius 2 is 2.50 bits per heavy atom. The van der Waals surface area contributed by atoms with Gasteiger partial charge in [0.05, 0.1) is 23.2 Å². The van der Waals surface area contributed by atoms with Crippen LogP contribution in [0.15, 0.2) is 12.4 Å². The highest BCUT2D eigenvalue weighted by molar-refractivity contribution is 5.77. The Morgan fingerprint density at radius 1 is 1.56 bits per heavy atom. The predicted octanol–water partition coefficient (Wildman–Crippen LogP) is 1.27. The van der Waals surface area contributed by atoms with Gasteiger partial charge in [-0.3, -0.25) is 4.98 Å². The number of hydrogen-bond acceptors (Lipinski definition) is 4. The molecule has 2 aromatic rings. The second kappa shape index (κ2) is 3.84. The molecule has 1 aliphatic heterocycles. The maximum atomic E-state index is 5.66. The summed E-state index contributed by atoms with van der Waals surface area (Å²) in [6.07, 6.45) is 3.87. The van der Waals surface area contributed by atoms with Gasteiger partial charge >= 0.3 is 0 Å². The second-order valence-electron chi connectivity index (χ2n) is 4.00. The van der Waals surface area contributed by atoms with Crippen LogP contribution in [0.25, 0.3) is 11.0 Å². The summed E-state index contributed by atoms with van der Waals surface area (Å²) in [7, 11) is 0. The zero-order valence-electron chi connectivity index (χ0n) is 8.94. The molecule has 1 atom stereocenters. The van der Waals surface area contributed by atoms with Crippen LogP contribution in [0.3, 0.4) is 0 Å². The Bertz CT molecular complexity index is 502. The molecule has 5 heteroatoms. The van der Waals surface area contributed by atoms with E-state index in [0.29, 0.717) is 6.54 Å². The van der Waals surface area contributed by atoms with Gasteiger partial charge in [-0.1, -0.05) is 0 Å². The van der Waals surface area contributed by atoms with Crippen molar-refractivity contribution >= 4 is 11.0 Å². The third-order valence-electron chi connectivity index (χ3n) is 2.93. The van der Waals surface area contributed by atoms with Gasteiger partial charge in [-0.15, -0.1) is 0 Å². The first-order chi connectivity index (χ1) is 7.88. The fourth-order valence-corrected chi connectivity index (χ4v) is 2.15. The maximum absolute atomic E-state index is 5.66. The average Bonchev–Trinajstić information content (AvgIpc) is 2.98. The van der Waals surface area contributed by atoms with E-state index in [1.165, 1.54) is 0 Å². The van der Waals surface area contributed by atoms with Gasteiger partial charge in [0.25, 0.3) is 0 Å². The number of aromatic nitrogens is 3. The molecule has 1 unspecified atom stereocenters. The third kappa shape index (κ3) is 1.48. The van der Waals surface area contributed by atoms with Crippen molar-refractivity contribution in [3.63, 3.8) is 0 Å². The van der Waals surface area contributed by atoms with Crippen molar-refractivity contribution in [2.45, 2.75) is 25.5 Å². The largest absolute Gasteiger partial charge is 0.372 e. The highest BCUT2D eigenvalue weighted by Gasteiger charge is 2.22. The van der Waals surface area contributed by atoms with E-state index in [4.69, 9.17) is 10.5 Å². The van der Waals surface area contributed by atoms with Crippen LogP contribution in [0.4, 0.5) is 0 Å². The topological polar surface area (TPSA) is 76.8 Å². The van der Waals surface area contributed by atoms with Crippen LogP contribution in [0.2, 0.25) is 0 Å². The molecule has 0 spiro atoms. The van der Waals surface area contributed by atoms with Crippen molar-refractivity contribution in [2.24, 2.45) is 5.73 Å². The second-order valence-corrected chi connectivity index (χ2v) is 4.00. The van der Waals surface area contributed by atoms with Gasteiger partial charge in [-0.05, 0) is 18.9 Å². The van der Waals surface area contributed by atoms with Crippen LogP contribution in [0.1, 0.15) is 30.3 Å². The van der Waals surface area contributed by atoms with E-state index in [2.05, 4.69) is 15.0 Å². The lowest BCUT2D eigenvalue weighted by Crippen LogP contribution is -2.06. The number of nitrogens with one attached hydrogen (secondary N) is 1. The molecule has 3 heterocycles. The smallest absolute Gasteiger partial charge is 0.112 e. The molecular formula is C11H14N4O. The Morgan fingerprint density at radius 3 is 3.25 bits per heavy atom. The van der Waals surface area contributed by atoms with E-state index in [0.717, 1.165) is 41.9 Å². The molecule has 2 aromatic heterocycles. The lowest BCUT2D eigenvalue weighted by Gasteiger charge is -2.10. The van der Waals surface area contributed by atoms with E-state index in [1.54, 1.807) is 6.33 Å². The molecule has 1 fully saturated rings. The van der Waals surface area contributed by atoms with Crippen LogP contribution < -0.4 is 5.73 Å².